The van der Waals surface area contributed by atoms with Crippen molar-refractivity contribution in [3.63, 3.8) is 0 Å². The summed E-state index contributed by atoms with van der Waals surface area (Å²) in [6, 6.07) is 8.79. The molecule has 1 saturated carbocycles. The summed E-state index contributed by atoms with van der Waals surface area (Å²) in [6.45, 7) is 0.746. The molecule has 0 saturated heterocycles. The molecule has 1 aromatic heterocycles. The van der Waals surface area contributed by atoms with E-state index in [4.69, 9.17) is 9.32 Å². The van der Waals surface area contributed by atoms with Gasteiger partial charge in [-0.25, -0.2) is 15.1 Å². The van der Waals surface area contributed by atoms with Crippen LogP contribution in [0.3, 0.4) is 0 Å². The Hall–Kier alpha value is -2.07. The first-order chi connectivity index (χ1) is 14.9. The van der Waals surface area contributed by atoms with Crippen molar-refractivity contribution in [2.45, 2.75) is 56.6 Å². The van der Waals surface area contributed by atoms with Gasteiger partial charge in [-0.3, -0.25) is 4.18 Å². The van der Waals surface area contributed by atoms with Gasteiger partial charge in [0.25, 0.3) is 0 Å². The average molecular weight is 445 g/mol. The summed E-state index contributed by atoms with van der Waals surface area (Å²) in [7, 11) is -4.00. The molecule has 1 aliphatic heterocycles. The van der Waals surface area contributed by atoms with Gasteiger partial charge in [0.2, 0.25) is 0 Å². The second-order valence-electron chi connectivity index (χ2n) is 8.93. The smallest absolute Gasteiger partial charge is 0.333 e. The zero-order chi connectivity index (χ0) is 21.6. The summed E-state index contributed by atoms with van der Waals surface area (Å²) in [6.07, 6.45) is 6.34. The second-order valence-corrected chi connectivity index (χ2v) is 10.2. The van der Waals surface area contributed by atoms with E-state index in [1.807, 2.05) is 0 Å². The molecule has 9 heteroatoms. The SMILES string of the molecule is NS(=O)(=O)OC[C@@H]1C[C@@H](N2CCc3c(C[C@H]4CCc5ccccc54)ncnc32)C[C@@H]1O. The first-order valence-electron chi connectivity index (χ1n) is 10.9. The molecular weight excluding hydrogens is 416 g/mol. The van der Waals surface area contributed by atoms with Crippen molar-refractivity contribution < 1.29 is 17.7 Å². The topological polar surface area (TPSA) is 119 Å². The number of aryl methyl sites for hydroxylation is 1. The molecule has 1 fully saturated rings. The summed E-state index contributed by atoms with van der Waals surface area (Å²) >= 11 is 0. The van der Waals surface area contributed by atoms with Gasteiger partial charge in [-0.1, -0.05) is 24.3 Å². The molecule has 5 rings (SSSR count). The van der Waals surface area contributed by atoms with Crippen molar-refractivity contribution in [3.8, 4) is 0 Å². The maximum atomic E-state index is 11.1. The first kappa shape index (κ1) is 20.8. The Morgan fingerprint density at radius 2 is 2.03 bits per heavy atom. The number of hydrogen-bond acceptors (Lipinski definition) is 7. The molecule has 0 spiro atoms. The lowest BCUT2D eigenvalue weighted by molar-refractivity contribution is 0.101. The fourth-order valence-corrected chi connectivity index (χ4v) is 5.96. The van der Waals surface area contributed by atoms with Crippen LogP contribution in [-0.2, 0) is 33.7 Å². The molecule has 3 N–H and O–H groups in total. The van der Waals surface area contributed by atoms with E-state index in [9.17, 15) is 13.5 Å². The highest BCUT2D eigenvalue weighted by Gasteiger charge is 2.40. The predicted octanol–water partition coefficient (Wildman–Crippen LogP) is 1.47. The molecule has 3 aliphatic rings. The Labute approximate surface area is 182 Å². The molecule has 2 aliphatic carbocycles. The number of fused-ring (bicyclic) bond motifs is 2. The minimum absolute atomic E-state index is 0.0900. The average Bonchev–Trinajstić information content (AvgIpc) is 3.43. The van der Waals surface area contributed by atoms with Gasteiger partial charge < -0.3 is 10.0 Å². The number of aromatic nitrogens is 2. The largest absolute Gasteiger partial charge is 0.393 e. The molecular formula is C22H28N4O4S. The third-order valence-corrected chi connectivity index (χ3v) is 7.57. The molecule has 0 bridgehead atoms. The molecule has 0 unspecified atom stereocenters. The van der Waals surface area contributed by atoms with Crippen LogP contribution in [0.1, 0.15) is 47.6 Å². The van der Waals surface area contributed by atoms with E-state index in [1.54, 1.807) is 6.33 Å². The molecule has 4 atom stereocenters. The van der Waals surface area contributed by atoms with Crippen LogP contribution >= 0.6 is 0 Å². The number of benzene rings is 1. The first-order valence-corrected chi connectivity index (χ1v) is 12.4. The molecule has 31 heavy (non-hydrogen) atoms. The van der Waals surface area contributed by atoms with E-state index in [0.717, 1.165) is 43.7 Å². The molecule has 0 amide bonds. The summed E-state index contributed by atoms with van der Waals surface area (Å²) in [5, 5.41) is 15.4. The lowest BCUT2D eigenvalue weighted by Crippen LogP contribution is -2.32. The number of rotatable bonds is 6. The number of hydrogen-bond donors (Lipinski definition) is 2. The van der Waals surface area contributed by atoms with Gasteiger partial charge in [-0.05, 0) is 55.6 Å². The molecule has 1 aromatic carbocycles. The number of aliphatic hydroxyl groups is 1. The maximum absolute atomic E-state index is 11.1. The van der Waals surface area contributed by atoms with Crippen molar-refractivity contribution in [2.24, 2.45) is 11.1 Å². The molecule has 2 heterocycles. The predicted molar refractivity (Wildman–Crippen MR) is 116 cm³/mol. The van der Waals surface area contributed by atoms with Crippen LogP contribution in [0, 0.1) is 5.92 Å². The Kier molecular flexibility index (Phi) is 5.45. The minimum Gasteiger partial charge on any atom is -0.393 e. The summed E-state index contributed by atoms with van der Waals surface area (Å²) in [5.74, 6) is 1.20. The third kappa shape index (κ3) is 4.19. The van der Waals surface area contributed by atoms with Crippen LogP contribution < -0.4 is 10.0 Å². The third-order valence-electron chi connectivity index (χ3n) is 7.10. The highest BCUT2D eigenvalue weighted by atomic mass is 32.2. The van der Waals surface area contributed by atoms with Crippen molar-refractivity contribution in [3.05, 3.63) is 53.0 Å². The zero-order valence-corrected chi connectivity index (χ0v) is 18.2. The van der Waals surface area contributed by atoms with Crippen molar-refractivity contribution >= 4 is 16.1 Å². The van der Waals surface area contributed by atoms with Gasteiger partial charge in [0.05, 0.1) is 12.7 Å². The van der Waals surface area contributed by atoms with Crippen molar-refractivity contribution in [1.82, 2.24) is 9.97 Å². The summed E-state index contributed by atoms with van der Waals surface area (Å²) < 4.78 is 26.9. The number of anilines is 1. The number of nitrogens with zero attached hydrogens (tertiary/aromatic N) is 3. The summed E-state index contributed by atoms with van der Waals surface area (Å²) in [4.78, 5) is 11.5. The van der Waals surface area contributed by atoms with Gasteiger partial charge in [0.1, 0.15) is 12.1 Å². The zero-order valence-electron chi connectivity index (χ0n) is 17.4. The lowest BCUT2D eigenvalue weighted by atomic mass is 9.94. The Balaban J connectivity index is 1.31. The van der Waals surface area contributed by atoms with Crippen LogP contribution in [0.15, 0.2) is 30.6 Å². The molecule has 0 radical (unpaired) electrons. The summed E-state index contributed by atoms with van der Waals surface area (Å²) in [5.41, 5.74) is 5.24. The quantitative estimate of drug-likeness (QED) is 0.692. The molecule has 166 valence electrons. The van der Waals surface area contributed by atoms with E-state index in [2.05, 4.69) is 39.1 Å². The van der Waals surface area contributed by atoms with E-state index < -0.39 is 16.4 Å². The Morgan fingerprint density at radius 1 is 1.19 bits per heavy atom. The van der Waals surface area contributed by atoms with Gasteiger partial charge >= 0.3 is 10.3 Å². The normalized spacial score (nSPS) is 27.5. The standard InChI is InChI=1S/C22H28N4O4S/c23-31(28,29)30-12-16-9-17(11-21(16)27)26-8-7-19-20(24-13-25-22(19)26)10-15-6-5-14-3-1-2-4-18(14)15/h1-4,13,15-17,21,27H,5-12H2,(H2,23,28,29)/t15-,16+,17-,21+/m1/s1. The minimum atomic E-state index is -4.00. The lowest BCUT2D eigenvalue weighted by Gasteiger charge is -2.26. The monoisotopic (exact) mass is 444 g/mol. The van der Waals surface area contributed by atoms with E-state index in [1.165, 1.54) is 16.7 Å². The van der Waals surface area contributed by atoms with Crippen LogP contribution in [0.25, 0.3) is 0 Å². The van der Waals surface area contributed by atoms with Crippen LogP contribution in [0.2, 0.25) is 0 Å². The van der Waals surface area contributed by atoms with Gasteiger partial charge in [0, 0.05) is 29.8 Å². The van der Waals surface area contributed by atoms with Gasteiger partial charge in [0.15, 0.2) is 0 Å². The Morgan fingerprint density at radius 3 is 2.87 bits per heavy atom. The van der Waals surface area contributed by atoms with E-state index in [-0.39, 0.29) is 18.6 Å². The van der Waals surface area contributed by atoms with Crippen molar-refractivity contribution in [2.75, 3.05) is 18.1 Å². The second kappa shape index (κ2) is 8.12. The number of aliphatic hydroxyl groups excluding tert-OH is 1. The van der Waals surface area contributed by atoms with Gasteiger partial charge in [-0.2, -0.15) is 8.42 Å². The van der Waals surface area contributed by atoms with E-state index in [0.29, 0.717) is 18.8 Å². The fraction of sp³-hybridized carbons (Fsp3) is 0.545. The van der Waals surface area contributed by atoms with Crippen LogP contribution in [-0.4, -0.2) is 48.8 Å². The highest BCUT2D eigenvalue weighted by molar-refractivity contribution is 7.84. The van der Waals surface area contributed by atoms with Crippen LogP contribution in [0.5, 0.6) is 0 Å². The fourth-order valence-electron chi connectivity index (χ4n) is 5.59. The molecule has 8 nitrogen and oxygen atoms in total. The van der Waals surface area contributed by atoms with E-state index >= 15 is 0 Å². The van der Waals surface area contributed by atoms with Crippen LogP contribution in [0.4, 0.5) is 5.82 Å². The van der Waals surface area contributed by atoms with Gasteiger partial charge in [-0.15, -0.1) is 0 Å². The highest BCUT2D eigenvalue weighted by Crippen LogP contribution is 2.40. The number of nitrogens with two attached hydrogens (primary N) is 1. The Bertz CT molecular complexity index is 1080. The van der Waals surface area contributed by atoms with Crippen molar-refractivity contribution in [1.29, 1.82) is 0 Å². The maximum Gasteiger partial charge on any atom is 0.333 e. The molecule has 2 aromatic rings.